The number of carbonyl (C=O) groups excluding carboxylic acids is 2. The van der Waals surface area contributed by atoms with Gasteiger partial charge in [-0.25, -0.2) is 4.79 Å². The molecule has 1 amide bonds. The molecule has 1 saturated heterocycles. The Morgan fingerprint density at radius 2 is 2.11 bits per heavy atom. The van der Waals surface area contributed by atoms with E-state index in [-0.39, 0.29) is 24.7 Å². The molecule has 0 aromatic heterocycles. The minimum Gasteiger partial charge on any atom is -0.481 e. The molecule has 6 nitrogen and oxygen atoms in total. The highest BCUT2D eigenvalue weighted by Crippen LogP contribution is 2.19. The Morgan fingerprint density at radius 1 is 1.37 bits per heavy atom. The van der Waals surface area contributed by atoms with Gasteiger partial charge >= 0.3 is 11.9 Å². The average Bonchev–Trinajstić information content (AvgIpc) is 2.38. The van der Waals surface area contributed by atoms with E-state index in [0.29, 0.717) is 25.3 Å². The molecule has 1 unspecified atom stereocenters. The number of carboxylic acid groups (broad SMARTS) is 1. The first-order valence-electron chi connectivity index (χ1n) is 6.32. The fourth-order valence-corrected chi connectivity index (χ4v) is 2.90. The van der Waals surface area contributed by atoms with Crippen LogP contribution >= 0.6 is 11.8 Å². The van der Waals surface area contributed by atoms with E-state index in [4.69, 9.17) is 9.84 Å². The first kappa shape index (κ1) is 15.8. The number of aliphatic carboxylic acids is 1. The molecule has 1 fully saturated rings. The predicted molar refractivity (Wildman–Crippen MR) is 70.9 cm³/mol. The zero-order valence-electron chi connectivity index (χ0n) is 11.0. The van der Waals surface area contributed by atoms with E-state index >= 15 is 0 Å². The van der Waals surface area contributed by atoms with Gasteiger partial charge in [-0.15, -0.1) is 0 Å². The van der Waals surface area contributed by atoms with E-state index in [1.807, 2.05) is 0 Å². The third kappa shape index (κ3) is 5.10. The summed E-state index contributed by atoms with van der Waals surface area (Å²) in [5.41, 5.74) is 0. The smallest absolute Gasteiger partial charge is 0.329 e. The fourth-order valence-electron chi connectivity index (χ4n) is 1.87. The number of hydrogen-bond donors (Lipinski definition) is 1. The fraction of sp³-hybridized carbons (Fsp3) is 0.750. The molecule has 0 saturated carbocycles. The lowest BCUT2D eigenvalue weighted by atomic mass is 10.2. The second-order valence-corrected chi connectivity index (χ2v) is 5.33. The Kier molecular flexibility index (Phi) is 6.69. The third-order valence-corrected chi connectivity index (χ3v) is 3.81. The van der Waals surface area contributed by atoms with Crippen molar-refractivity contribution >= 4 is 29.6 Å². The molecule has 1 atom stereocenters. The monoisotopic (exact) mass is 289 g/mol. The van der Waals surface area contributed by atoms with Crippen molar-refractivity contribution in [2.24, 2.45) is 0 Å². The highest BCUT2D eigenvalue weighted by molar-refractivity contribution is 7.99. The summed E-state index contributed by atoms with van der Waals surface area (Å²) >= 11 is 1.62. The van der Waals surface area contributed by atoms with E-state index in [9.17, 15) is 14.4 Å². The van der Waals surface area contributed by atoms with E-state index in [0.717, 1.165) is 5.75 Å². The van der Waals surface area contributed by atoms with Crippen LogP contribution in [0.1, 0.15) is 26.2 Å². The van der Waals surface area contributed by atoms with Gasteiger partial charge in [0.15, 0.2) is 0 Å². The van der Waals surface area contributed by atoms with Crippen molar-refractivity contribution in [2.45, 2.75) is 32.2 Å². The van der Waals surface area contributed by atoms with Crippen molar-refractivity contribution in [2.75, 3.05) is 24.7 Å². The van der Waals surface area contributed by atoms with Crippen LogP contribution < -0.4 is 0 Å². The molecule has 19 heavy (non-hydrogen) atoms. The van der Waals surface area contributed by atoms with Crippen molar-refractivity contribution in [1.29, 1.82) is 0 Å². The van der Waals surface area contributed by atoms with Crippen molar-refractivity contribution in [3.8, 4) is 0 Å². The van der Waals surface area contributed by atoms with E-state index in [1.165, 1.54) is 4.90 Å². The second kappa shape index (κ2) is 8.04. The number of ether oxygens (including phenoxy) is 1. The molecular weight excluding hydrogens is 270 g/mol. The Morgan fingerprint density at radius 3 is 2.74 bits per heavy atom. The van der Waals surface area contributed by atoms with Gasteiger partial charge in [-0.2, -0.15) is 11.8 Å². The second-order valence-electron chi connectivity index (χ2n) is 4.18. The summed E-state index contributed by atoms with van der Waals surface area (Å²) in [4.78, 5) is 35.7. The van der Waals surface area contributed by atoms with Crippen LogP contribution in [0, 0.1) is 0 Å². The molecule has 0 bridgehead atoms. The molecule has 0 radical (unpaired) electrons. The van der Waals surface area contributed by atoms with Crippen molar-refractivity contribution in [1.82, 2.24) is 4.90 Å². The van der Waals surface area contributed by atoms with Gasteiger partial charge in [0, 0.05) is 30.9 Å². The number of rotatable bonds is 6. The van der Waals surface area contributed by atoms with Crippen LogP contribution in [0.5, 0.6) is 0 Å². The van der Waals surface area contributed by atoms with E-state index < -0.39 is 12.0 Å². The lowest BCUT2D eigenvalue weighted by molar-refractivity contribution is -0.154. The van der Waals surface area contributed by atoms with Gasteiger partial charge in [0.05, 0.1) is 6.61 Å². The number of carbonyl (C=O) groups is 3. The van der Waals surface area contributed by atoms with Crippen LogP contribution in [0.4, 0.5) is 0 Å². The quantitative estimate of drug-likeness (QED) is 0.726. The molecular formula is C12H19NO5S. The number of hydrogen-bond acceptors (Lipinski definition) is 5. The zero-order chi connectivity index (χ0) is 14.3. The minimum absolute atomic E-state index is 0.0294. The molecule has 0 spiro atoms. The minimum atomic E-state index is -0.913. The Balaban J connectivity index is 2.53. The maximum absolute atomic E-state index is 12.0. The molecule has 0 aromatic carbocycles. The number of esters is 1. The first-order chi connectivity index (χ1) is 9.06. The summed E-state index contributed by atoms with van der Waals surface area (Å²) in [6.07, 6.45) is 0.429. The van der Waals surface area contributed by atoms with Crippen molar-refractivity contribution in [3.63, 3.8) is 0 Å². The summed E-state index contributed by atoms with van der Waals surface area (Å²) in [5.74, 6) is -0.116. The number of carboxylic acids is 1. The van der Waals surface area contributed by atoms with Crippen LogP contribution in [0.2, 0.25) is 0 Å². The normalized spacial score (nSPS) is 19.0. The van der Waals surface area contributed by atoms with E-state index in [2.05, 4.69) is 0 Å². The lowest BCUT2D eigenvalue weighted by Gasteiger charge is -2.33. The van der Waals surface area contributed by atoms with Crippen LogP contribution in [-0.2, 0) is 19.1 Å². The van der Waals surface area contributed by atoms with Crippen LogP contribution in [0.15, 0.2) is 0 Å². The van der Waals surface area contributed by atoms with Gasteiger partial charge < -0.3 is 14.7 Å². The molecule has 1 rings (SSSR count). The van der Waals surface area contributed by atoms with Crippen LogP contribution in [-0.4, -0.2) is 58.6 Å². The van der Waals surface area contributed by atoms with Gasteiger partial charge in [0.2, 0.25) is 5.91 Å². The standard InChI is InChI=1S/C12H19NO5S/c1-2-18-12(17)9-8-19-7-6-13(9)10(14)4-3-5-11(15)16/h9H,2-8H2,1H3,(H,15,16). The van der Waals surface area contributed by atoms with Crippen molar-refractivity contribution in [3.05, 3.63) is 0 Å². The highest BCUT2D eigenvalue weighted by atomic mass is 32.2. The number of thioether (sulfide) groups is 1. The lowest BCUT2D eigenvalue weighted by Crippen LogP contribution is -2.50. The summed E-state index contributed by atoms with van der Waals surface area (Å²) in [5, 5.41) is 8.54. The topological polar surface area (TPSA) is 83.9 Å². The maximum Gasteiger partial charge on any atom is 0.329 e. The van der Waals surface area contributed by atoms with Crippen LogP contribution in [0.3, 0.4) is 0 Å². The Bertz CT molecular complexity index is 347. The number of amides is 1. The molecule has 0 aromatic rings. The first-order valence-corrected chi connectivity index (χ1v) is 7.47. The van der Waals surface area contributed by atoms with Gasteiger partial charge in [0.1, 0.15) is 6.04 Å². The average molecular weight is 289 g/mol. The maximum atomic E-state index is 12.0. The van der Waals surface area contributed by atoms with Gasteiger partial charge in [-0.3, -0.25) is 9.59 Å². The largest absolute Gasteiger partial charge is 0.481 e. The predicted octanol–water partition coefficient (Wildman–Crippen LogP) is 0.748. The summed E-state index contributed by atoms with van der Waals surface area (Å²) in [6, 6.07) is -0.531. The van der Waals surface area contributed by atoms with Gasteiger partial charge in [0.25, 0.3) is 0 Å². The molecule has 7 heteroatoms. The van der Waals surface area contributed by atoms with Crippen LogP contribution in [0.25, 0.3) is 0 Å². The molecule has 1 N–H and O–H groups in total. The zero-order valence-corrected chi connectivity index (χ0v) is 11.8. The molecule has 108 valence electrons. The Labute approximate surface area is 116 Å². The number of nitrogens with zero attached hydrogens (tertiary/aromatic N) is 1. The third-order valence-electron chi connectivity index (χ3n) is 2.79. The molecule has 0 aliphatic carbocycles. The van der Waals surface area contributed by atoms with Gasteiger partial charge in [-0.1, -0.05) is 0 Å². The summed E-state index contributed by atoms with van der Waals surface area (Å²) in [7, 11) is 0. The molecule has 1 aliphatic heterocycles. The molecule has 1 aliphatic rings. The van der Waals surface area contributed by atoms with Gasteiger partial charge in [-0.05, 0) is 13.3 Å². The summed E-state index contributed by atoms with van der Waals surface area (Å²) < 4.78 is 4.96. The SMILES string of the molecule is CCOC(=O)C1CSCCN1C(=O)CCCC(=O)O. The highest BCUT2D eigenvalue weighted by Gasteiger charge is 2.33. The summed E-state index contributed by atoms with van der Waals surface area (Å²) in [6.45, 7) is 2.54. The molecule has 1 heterocycles. The van der Waals surface area contributed by atoms with E-state index in [1.54, 1.807) is 18.7 Å². The Hall–Kier alpha value is -1.24. The van der Waals surface area contributed by atoms with Crippen molar-refractivity contribution < 1.29 is 24.2 Å².